The maximum atomic E-state index is 12.8. The fourth-order valence-corrected chi connectivity index (χ4v) is 3.05. The van der Waals surface area contributed by atoms with Crippen molar-refractivity contribution in [1.29, 1.82) is 0 Å². The van der Waals surface area contributed by atoms with Crippen LogP contribution in [-0.2, 0) is 0 Å². The molecule has 1 aromatic carbocycles. The Morgan fingerprint density at radius 1 is 1.33 bits per heavy atom. The summed E-state index contributed by atoms with van der Waals surface area (Å²) < 4.78 is 0. The number of hydrogen-bond donors (Lipinski definition) is 1. The van der Waals surface area contributed by atoms with Gasteiger partial charge in [-0.1, -0.05) is 24.4 Å². The van der Waals surface area contributed by atoms with Crippen molar-refractivity contribution < 1.29 is 4.79 Å². The van der Waals surface area contributed by atoms with Gasteiger partial charge in [0.25, 0.3) is 5.91 Å². The van der Waals surface area contributed by atoms with Crippen molar-refractivity contribution in [3.8, 4) is 0 Å². The van der Waals surface area contributed by atoms with Gasteiger partial charge in [0.05, 0.1) is 10.5 Å². The lowest BCUT2D eigenvalue weighted by Gasteiger charge is -2.32. The van der Waals surface area contributed by atoms with E-state index in [1.54, 1.807) is 6.20 Å². The van der Waals surface area contributed by atoms with Crippen LogP contribution in [0.15, 0.2) is 36.5 Å². The number of nitrogens with zero attached hydrogens (tertiary/aromatic N) is 2. The molecule has 2 N–H and O–H groups in total. The lowest BCUT2D eigenvalue weighted by atomic mass is 9.97. The number of carbonyl (C=O) groups excluding carboxylic acids is 1. The Labute approximate surface area is 129 Å². The number of rotatable bonds is 2. The van der Waals surface area contributed by atoms with Crippen molar-refractivity contribution in [1.82, 2.24) is 9.88 Å². The van der Waals surface area contributed by atoms with Crippen LogP contribution in [0.2, 0.25) is 0 Å². The van der Waals surface area contributed by atoms with E-state index in [0.717, 1.165) is 30.3 Å². The van der Waals surface area contributed by atoms with E-state index < -0.39 is 0 Å². The molecule has 1 unspecified atom stereocenters. The first-order valence-electron chi connectivity index (χ1n) is 7.09. The van der Waals surface area contributed by atoms with E-state index in [0.29, 0.717) is 17.1 Å². The average Bonchev–Trinajstić information content (AvgIpc) is 2.53. The Morgan fingerprint density at radius 3 is 3.00 bits per heavy atom. The third kappa shape index (κ3) is 2.74. The van der Waals surface area contributed by atoms with Gasteiger partial charge in [0, 0.05) is 36.2 Å². The first-order chi connectivity index (χ1) is 10.2. The van der Waals surface area contributed by atoms with Crippen molar-refractivity contribution in [3.63, 3.8) is 0 Å². The zero-order chi connectivity index (χ0) is 14.8. The number of nitrogens with two attached hydrogens (primary N) is 1. The maximum Gasteiger partial charge on any atom is 0.254 e. The van der Waals surface area contributed by atoms with Crippen molar-refractivity contribution in [2.75, 3.05) is 13.1 Å². The monoisotopic (exact) mass is 299 g/mol. The first-order valence-corrected chi connectivity index (χ1v) is 7.50. The minimum atomic E-state index is 0.0366. The van der Waals surface area contributed by atoms with Gasteiger partial charge in [0.15, 0.2) is 0 Å². The number of pyridine rings is 1. The standard InChI is InChI=1S/C16H17N3OS/c17-15(21)11-4-3-9-19(10-11)16(20)13-5-1-7-14-12(13)6-2-8-18-14/h1-2,5-8,11H,3-4,9-10H2,(H2,17,21). The lowest BCUT2D eigenvalue weighted by Crippen LogP contribution is -2.43. The van der Waals surface area contributed by atoms with E-state index in [1.807, 2.05) is 35.2 Å². The Balaban J connectivity index is 1.92. The van der Waals surface area contributed by atoms with Crippen LogP contribution < -0.4 is 5.73 Å². The first kappa shape index (κ1) is 13.9. The molecular weight excluding hydrogens is 282 g/mol. The molecule has 4 nitrogen and oxygen atoms in total. The summed E-state index contributed by atoms with van der Waals surface area (Å²) in [6.07, 6.45) is 3.65. The molecular formula is C16H17N3OS. The molecule has 1 saturated heterocycles. The third-order valence-corrected chi connectivity index (χ3v) is 4.32. The van der Waals surface area contributed by atoms with Crippen LogP contribution >= 0.6 is 12.2 Å². The van der Waals surface area contributed by atoms with Gasteiger partial charge >= 0.3 is 0 Å². The Morgan fingerprint density at radius 2 is 2.19 bits per heavy atom. The van der Waals surface area contributed by atoms with Gasteiger partial charge in [-0.05, 0) is 31.0 Å². The number of aromatic nitrogens is 1. The van der Waals surface area contributed by atoms with Crippen molar-refractivity contribution in [2.24, 2.45) is 11.7 Å². The summed E-state index contributed by atoms with van der Waals surface area (Å²) in [5.41, 5.74) is 7.28. The van der Waals surface area contributed by atoms with E-state index in [4.69, 9.17) is 18.0 Å². The van der Waals surface area contributed by atoms with Crippen LogP contribution in [0.1, 0.15) is 23.2 Å². The number of piperidine rings is 1. The molecule has 1 aromatic heterocycles. The Kier molecular flexibility index (Phi) is 3.84. The topological polar surface area (TPSA) is 59.2 Å². The number of hydrogen-bond acceptors (Lipinski definition) is 3. The molecule has 0 radical (unpaired) electrons. The number of carbonyl (C=O) groups is 1. The van der Waals surface area contributed by atoms with Gasteiger partial charge in [-0.15, -0.1) is 0 Å². The van der Waals surface area contributed by atoms with Crippen molar-refractivity contribution >= 4 is 34.0 Å². The van der Waals surface area contributed by atoms with Crippen LogP contribution in [0.4, 0.5) is 0 Å². The number of thiocarbonyl (C=S) groups is 1. The summed E-state index contributed by atoms with van der Waals surface area (Å²) in [6.45, 7) is 1.37. The SMILES string of the molecule is NC(=S)C1CCCN(C(=O)c2cccc3ncccc23)C1. The van der Waals surface area contributed by atoms with Gasteiger partial charge in [-0.25, -0.2) is 0 Å². The molecule has 1 fully saturated rings. The quantitative estimate of drug-likeness (QED) is 0.865. The predicted octanol–water partition coefficient (Wildman–Crippen LogP) is 2.37. The molecule has 0 bridgehead atoms. The molecule has 1 aliphatic heterocycles. The third-order valence-electron chi connectivity index (χ3n) is 3.99. The maximum absolute atomic E-state index is 12.8. The van der Waals surface area contributed by atoms with E-state index >= 15 is 0 Å². The van der Waals surface area contributed by atoms with Crippen LogP contribution in [-0.4, -0.2) is 33.9 Å². The minimum absolute atomic E-state index is 0.0366. The van der Waals surface area contributed by atoms with Crippen molar-refractivity contribution in [3.05, 3.63) is 42.1 Å². The highest BCUT2D eigenvalue weighted by Crippen LogP contribution is 2.22. The summed E-state index contributed by atoms with van der Waals surface area (Å²) in [7, 11) is 0. The molecule has 1 amide bonds. The van der Waals surface area contributed by atoms with Gasteiger partial charge in [-0.3, -0.25) is 9.78 Å². The summed E-state index contributed by atoms with van der Waals surface area (Å²) in [5, 5.41) is 0.891. The molecule has 5 heteroatoms. The fourth-order valence-electron chi connectivity index (χ4n) is 2.85. The summed E-state index contributed by atoms with van der Waals surface area (Å²) in [6, 6.07) is 9.44. The summed E-state index contributed by atoms with van der Waals surface area (Å²) >= 11 is 5.08. The molecule has 0 aliphatic carbocycles. The smallest absolute Gasteiger partial charge is 0.254 e. The number of likely N-dealkylation sites (tertiary alicyclic amines) is 1. The molecule has 2 heterocycles. The van der Waals surface area contributed by atoms with E-state index in [-0.39, 0.29) is 11.8 Å². The molecule has 1 aliphatic rings. The second-order valence-electron chi connectivity index (χ2n) is 5.37. The van der Waals surface area contributed by atoms with E-state index in [1.165, 1.54) is 0 Å². The fraction of sp³-hybridized carbons (Fsp3) is 0.312. The average molecular weight is 299 g/mol. The zero-order valence-electron chi connectivity index (χ0n) is 11.7. The van der Waals surface area contributed by atoms with Gasteiger partial charge in [0.2, 0.25) is 0 Å². The second-order valence-corrected chi connectivity index (χ2v) is 5.84. The Bertz CT molecular complexity index is 695. The van der Waals surface area contributed by atoms with E-state index in [2.05, 4.69) is 4.98 Å². The minimum Gasteiger partial charge on any atom is -0.393 e. The molecule has 0 spiro atoms. The summed E-state index contributed by atoms with van der Waals surface area (Å²) in [4.78, 5) is 19.5. The van der Waals surface area contributed by atoms with Crippen molar-refractivity contribution in [2.45, 2.75) is 12.8 Å². The van der Waals surface area contributed by atoms with Gasteiger partial charge in [0.1, 0.15) is 0 Å². The zero-order valence-corrected chi connectivity index (χ0v) is 12.5. The largest absolute Gasteiger partial charge is 0.393 e. The molecule has 3 rings (SSSR count). The molecule has 21 heavy (non-hydrogen) atoms. The highest BCUT2D eigenvalue weighted by molar-refractivity contribution is 7.80. The van der Waals surface area contributed by atoms with Crippen LogP contribution in [0.5, 0.6) is 0 Å². The second kappa shape index (κ2) is 5.77. The predicted molar refractivity (Wildman–Crippen MR) is 87.2 cm³/mol. The lowest BCUT2D eigenvalue weighted by molar-refractivity contribution is 0.0705. The van der Waals surface area contributed by atoms with Crippen LogP contribution in [0, 0.1) is 5.92 Å². The van der Waals surface area contributed by atoms with E-state index in [9.17, 15) is 4.79 Å². The molecule has 0 saturated carbocycles. The van der Waals surface area contributed by atoms with Crippen LogP contribution in [0.25, 0.3) is 10.9 Å². The molecule has 1 atom stereocenters. The number of amides is 1. The van der Waals surface area contributed by atoms with Gasteiger partial charge in [-0.2, -0.15) is 0 Å². The Hall–Kier alpha value is -2.01. The number of benzene rings is 1. The number of fused-ring (bicyclic) bond motifs is 1. The molecule has 108 valence electrons. The van der Waals surface area contributed by atoms with Gasteiger partial charge < -0.3 is 10.6 Å². The summed E-state index contributed by atoms with van der Waals surface area (Å²) in [5.74, 6) is 0.167. The highest BCUT2D eigenvalue weighted by Gasteiger charge is 2.26. The highest BCUT2D eigenvalue weighted by atomic mass is 32.1. The molecule has 2 aromatic rings. The normalized spacial score (nSPS) is 18.7. The van der Waals surface area contributed by atoms with Crippen LogP contribution in [0.3, 0.4) is 0 Å².